The van der Waals surface area contributed by atoms with E-state index in [1.54, 1.807) is 30.1 Å². The fraction of sp³-hybridized carbons (Fsp3) is 0.474. The third-order valence-corrected chi connectivity index (χ3v) is 4.10. The number of amides is 1. The number of nitrogens with one attached hydrogen (secondary N) is 1. The molecule has 1 aromatic heterocycles. The molecule has 136 valence electrons. The number of carbonyl (C=O) groups is 1. The number of carbonyl (C=O) groups excluding carboxylic acids is 1. The van der Waals surface area contributed by atoms with Gasteiger partial charge in [-0.1, -0.05) is 12.1 Å². The molecule has 1 amide bonds. The van der Waals surface area contributed by atoms with Crippen LogP contribution in [-0.4, -0.2) is 28.8 Å². The summed E-state index contributed by atoms with van der Waals surface area (Å²) in [7, 11) is 1.57. The van der Waals surface area contributed by atoms with Crippen LogP contribution in [0.15, 0.2) is 30.5 Å². The molecule has 2 rings (SSSR count). The molecule has 0 saturated carbocycles. The number of ether oxygens (including phenoxy) is 1. The molecule has 1 aromatic carbocycles. The number of hydrogen-bond acceptors (Lipinski definition) is 3. The Morgan fingerprint density at radius 1 is 1.28 bits per heavy atom. The van der Waals surface area contributed by atoms with Gasteiger partial charge in [0.1, 0.15) is 11.9 Å². The van der Waals surface area contributed by atoms with Crippen LogP contribution in [0.4, 0.5) is 4.39 Å². The second-order valence-corrected chi connectivity index (χ2v) is 7.21. The first-order valence-electron chi connectivity index (χ1n) is 8.29. The van der Waals surface area contributed by atoms with E-state index in [0.29, 0.717) is 11.3 Å². The van der Waals surface area contributed by atoms with Gasteiger partial charge in [-0.25, -0.2) is 4.39 Å². The first-order chi connectivity index (χ1) is 11.6. The Bertz CT molecular complexity index is 732. The highest BCUT2D eigenvalue weighted by Gasteiger charge is 2.24. The molecule has 0 unspecified atom stereocenters. The molecule has 1 heterocycles. The number of halogens is 1. The molecule has 0 fully saturated rings. The van der Waals surface area contributed by atoms with Crippen LogP contribution in [0.1, 0.15) is 55.4 Å². The fourth-order valence-corrected chi connectivity index (χ4v) is 2.67. The quantitative estimate of drug-likeness (QED) is 0.899. The Morgan fingerprint density at radius 2 is 1.88 bits per heavy atom. The Hall–Kier alpha value is -2.21. The summed E-state index contributed by atoms with van der Waals surface area (Å²) < 4.78 is 20.4. The van der Waals surface area contributed by atoms with E-state index in [0.717, 1.165) is 5.56 Å². The zero-order valence-electron chi connectivity index (χ0n) is 15.6. The SMILES string of the molecule is CO[C@H](c1ccc(F)cc1)[C@H](C)NC(=O)c1cn(C(C)(C)C)nc1C. The molecular formula is C19H26FN3O2. The normalized spacial score (nSPS) is 14.2. The first-order valence-corrected chi connectivity index (χ1v) is 8.29. The maximum atomic E-state index is 13.1. The van der Waals surface area contributed by atoms with E-state index in [-0.39, 0.29) is 29.4 Å². The van der Waals surface area contributed by atoms with E-state index in [1.165, 1.54) is 12.1 Å². The molecule has 1 N–H and O–H groups in total. The second-order valence-electron chi connectivity index (χ2n) is 7.21. The van der Waals surface area contributed by atoms with Crippen molar-refractivity contribution in [1.29, 1.82) is 0 Å². The van der Waals surface area contributed by atoms with E-state index in [2.05, 4.69) is 10.4 Å². The molecule has 0 radical (unpaired) electrons. The largest absolute Gasteiger partial charge is 0.375 e. The van der Waals surface area contributed by atoms with Crippen LogP contribution in [0, 0.1) is 12.7 Å². The minimum atomic E-state index is -0.373. The third-order valence-electron chi connectivity index (χ3n) is 4.10. The van der Waals surface area contributed by atoms with Gasteiger partial charge >= 0.3 is 0 Å². The van der Waals surface area contributed by atoms with E-state index in [1.807, 2.05) is 34.6 Å². The zero-order chi connectivity index (χ0) is 18.8. The maximum Gasteiger partial charge on any atom is 0.255 e. The predicted octanol–water partition coefficient (Wildman–Crippen LogP) is 3.59. The monoisotopic (exact) mass is 347 g/mol. The topological polar surface area (TPSA) is 56.1 Å². The number of benzene rings is 1. The molecule has 2 atom stereocenters. The van der Waals surface area contributed by atoms with Gasteiger partial charge in [0.25, 0.3) is 5.91 Å². The predicted molar refractivity (Wildman–Crippen MR) is 95.0 cm³/mol. The van der Waals surface area contributed by atoms with Crippen molar-refractivity contribution in [3.05, 3.63) is 53.1 Å². The van der Waals surface area contributed by atoms with Gasteiger partial charge < -0.3 is 10.1 Å². The van der Waals surface area contributed by atoms with Crippen LogP contribution < -0.4 is 5.32 Å². The van der Waals surface area contributed by atoms with Gasteiger partial charge in [-0.3, -0.25) is 9.48 Å². The summed E-state index contributed by atoms with van der Waals surface area (Å²) in [6, 6.07) is 5.80. The smallest absolute Gasteiger partial charge is 0.255 e. The Kier molecular flexibility index (Phi) is 5.62. The molecule has 0 aliphatic heterocycles. The van der Waals surface area contributed by atoms with E-state index in [4.69, 9.17) is 4.74 Å². The van der Waals surface area contributed by atoms with Gasteiger partial charge in [0.15, 0.2) is 0 Å². The molecule has 0 bridgehead atoms. The van der Waals surface area contributed by atoms with Gasteiger partial charge in [0, 0.05) is 13.3 Å². The minimum Gasteiger partial charge on any atom is -0.375 e. The zero-order valence-corrected chi connectivity index (χ0v) is 15.6. The van der Waals surface area contributed by atoms with Gasteiger partial charge in [-0.05, 0) is 52.3 Å². The van der Waals surface area contributed by atoms with Gasteiger partial charge in [-0.2, -0.15) is 5.10 Å². The lowest BCUT2D eigenvalue weighted by molar-refractivity contribution is 0.0644. The van der Waals surface area contributed by atoms with Crippen molar-refractivity contribution in [3.63, 3.8) is 0 Å². The molecular weight excluding hydrogens is 321 g/mol. The van der Waals surface area contributed by atoms with Crippen molar-refractivity contribution in [1.82, 2.24) is 15.1 Å². The Morgan fingerprint density at radius 3 is 2.36 bits per heavy atom. The average Bonchev–Trinajstić information content (AvgIpc) is 2.92. The van der Waals surface area contributed by atoms with Crippen LogP contribution in [0.2, 0.25) is 0 Å². The van der Waals surface area contributed by atoms with Crippen LogP contribution in [0.5, 0.6) is 0 Å². The van der Waals surface area contributed by atoms with Crippen LogP contribution >= 0.6 is 0 Å². The lowest BCUT2D eigenvalue weighted by Gasteiger charge is -2.24. The molecule has 6 heteroatoms. The van der Waals surface area contributed by atoms with E-state index < -0.39 is 0 Å². The number of methoxy groups -OCH3 is 1. The maximum absolute atomic E-state index is 13.1. The van der Waals surface area contributed by atoms with Gasteiger partial charge in [0.05, 0.1) is 22.8 Å². The molecule has 0 aliphatic rings. The standard InChI is InChI=1S/C19H26FN3O2/c1-12-16(11-23(22-12)19(3,4)5)18(24)21-13(2)17(25-6)14-7-9-15(20)10-8-14/h7-11,13,17H,1-6H3,(H,21,24)/t13-,17-/m0/s1. The molecule has 0 spiro atoms. The summed E-state index contributed by atoms with van der Waals surface area (Å²) in [5.74, 6) is -0.509. The number of aromatic nitrogens is 2. The van der Waals surface area contributed by atoms with Crippen molar-refractivity contribution in [2.75, 3.05) is 7.11 Å². The Balaban J connectivity index is 2.16. The summed E-state index contributed by atoms with van der Waals surface area (Å²) in [6.45, 7) is 9.76. The fourth-order valence-electron chi connectivity index (χ4n) is 2.67. The van der Waals surface area contributed by atoms with Crippen molar-refractivity contribution in [3.8, 4) is 0 Å². The highest BCUT2D eigenvalue weighted by molar-refractivity contribution is 5.95. The van der Waals surface area contributed by atoms with Crippen molar-refractivity contribution in [2.45, 2.75) is 52.3 Å². The first kappa shape index (κ1) is 19.1. The van der Waals surface area contributed by atoms with Gasteiger partial charge in [-0.15, -0.1) is 0 Å². The molecule has 5 nitrogen and oxygen atoms in total. The minimum absolute atomic E-state index is 0.196. The molecule has 0 saturated heterocycles. The van der Waals surface area contributed by atoms with Crippen LogP contribution in [-0.2, 0) is 10.3 Å². The van der Waals surface area contributed by atoms with Crippen molar-refractivity contribution >= 4 is 5.91 Å². The number of rotatable bonds is 5. The van der Waals surface area contributed by atoms with Crippen LogP contribution in [0.25, 0.3) is 0 Å². The number of aryl methyl sites for hydroxylation is 1. The summed E-state index contributed by atoms with van der Waals surface area (Å²) in [4.78, 5) is 12.6. The summed E-state index contributed by atoms with van der Waals surface area (Å²) >= 11 is 0. The Labute approximate surface area is 148 Å². The number of nitrogens with zero attached hydrogens (tertiary/aromatic N) is 2. The molecule has 25 heavy (non-hydrogen) atoms. The lowest BCUT2D eigenvalue weighted by Crippen LogP contribution is -2.38. The van der Waals surface area contributed by atoms with E-state index in [9.17, 15) is 9.18 Å². The van der Waals surface area contributed by atoms with Crippen molar-refractivity contribution < 1.29 is 13.9 Å². The van der Waals surface area contributed by atoms with Gasteiger partial charge in [0.2, 0.25) is 0 Å². The van der Waals surface area contributed by atoms with E-state index >= 15 is 0 Å². The third kappa shape index (κ3) is 4.45. The summed E-state index contributed by atoms with van der Waals surface area (Å²) in [5, 5.41) is 7.38. The summed E-state index contributed by atoms with van der Waals surface area (Å²) in [5.41, 5.74) is 1.82. The highest BCUT2D eigenvalue weighted by atomic mass is 19.1. The summed E-state index contributed by atoms with van der Waals surface area (Å²) in [6.07, 6.45) is 1.39. The highest BCUT2D eigenvalue weighted by Crippen LogP contribution is 2.22. The number of hydrogen-bond donors (Lipinski definition) is 1. The van der Waals surface area contributed by atoms with Crippen molar-refractivity contribution in [2.24, 2.45) is 0 Å². The average molecular weight is 347 g/mol. The molecule has 2 aromatic rings. The van der Waals surface area contributed by atoms with Crippen LogP contribution in [0.3, 0.4) is 0 Å². The lowest BCUT2D eigenvalue weighted by atomic mass is 10.0. The second kappa shape index (κ2) is 7.35. The molecule has 0 aliphatic carbocycles.